The summed E-state index contributed by atoms with van der Waals surface area (Å²) in [6.45, 7) is 14.4. The van der Waals surface area contributed by atoms with Crippen molar-refractivity contribution in [2.24, 2.45) is 0 Å². The zero-order chi connectivity index (χ0) is 25.2. The lowest BCUT2D eigenvalue weighted by atomic mass is 10.1. The van der Waals surface area contributed by atoms with Gasteiger partial charge in [-0.15, -0.1) is 0 Å². The van der Waals surface area contributed by atoms with E-state index in [4.69, 9.17) is 18.9 Å². The number of nitrogens with one attached hydrogen (secondary N) is 2. The van der Waals surface area contributed by atoms with Gasteiger partial charge in [0.25, 0.3) is 0 Å². The number of esters is 2. The SMILES string of the molecule is C=CC(=O)OCC(C)(C)OC(=O)Nc1ccc(C)c(NC(=O)OC(C)(C)COC(=O)C=C)c1. The van der Waals surface area contributed by atoms with Crippen molar-refractivity contribution in [3.63, 3.8) is 0 Å². The normalized spacial score (nSPS) is 10.9. The molecule has 0 aliphatic rings. The minimum atomic E-state index is -1.09. The number of hydrogen-bond donors (Lipinski definition) is 2. The third-order valence-corrected chi connectivity index (χ3v) is 3.92. The molecule has 1 aromatic rings. The van der Waals surface area contributed by atoms with Gasteiger partial charge >= 0.3 is 24.1 Å². The van der Waals surface area contributed by atoms with Gasteiger partial charge in [-0.25, -0.2) is 19.2 Å². The number of amides is 2. The van der Waals surface area contributed by atoms with Crippen LogP contribution in [-0.2, 0) is 28.5 Å². The van der Waals surface area contributed by atoms with Crippen molar-refractivity contribution in [3.05, 3.63) is 49.1 Å². The van der Waals surface area contributed by atoms with Crippen LogP contribution >= 0.6 is 0 Å². The summed E-state index contributed by atoms with van der Waals surface area (Å²) in [7, 11) is 0. The third kappa shape index (κ3) is 10.4. The lowest BCUT2D eigenvalue weighted by molar-refractivity contribution is -0.144. The van der Waals surface area contributed by atoms with E-state index < -0.39 is 35.3 Å². The molecule has 2 amide bonds. The van der Waals surface area contributed by atoms with Crippen LogP contribution in [0.5, 0.6) is 0 Å². The van der Waals surface area contributed by atoms with Crippen LogP contribution in [0.4, 0.5) is 21.0 Å². The van der Waals surface area contributed by atoms with Crippen LogP contribution in [0.15, 0.2) is 43.5 Å². The Balaban J connectivity index is 2.73. The summed E-state index contributed by atoms with van der Waals surface area (Å²) in [5, 5.41) is 5.14. The van der Waals surface area contributed by atoms with Gasteiger partial charge in [0.05, 0.1) is 0 Å². The first-order chi connectivity index (χ1) is 15.3. The molecule has 10 nitrogen and oxygen atoms in total. The van der Waals surface area contributed by atoms with Crippen molar-refractivity contribution in [1.82, 2.24) is 0 Å². The van der Waals surface area contributed by atoms with Crippen LogP contribution < -0.4 is 10.6 Å². The van der Waals surface area contributed by atoms with Crippen LogP contribution in [0.2, 0.25) is 0 Å². The molecule has 0 atom stereocenters. The molecule has 0 saturated carbocycles. The zero-order valence-electron chi connectivity index (χ0n) is 19.5. The van der Waals surface area contributed by atoms with Crippen LogP contribution in [-0.4, -0.2) is 48.5 Å². The highest BCUT2D eigenvalue weighted by Crippen LogP contribution is 2.22. The first kappa shape index (κ1) is 27.2. The van der Waals surface area contributed by atoms with E-state index in [0.717, 1.165) is 12.2 Å². The minimum Gasteiger partial charge on any atom is -0.458 e. The molecule has 0 fully saturated rings. The second-order valence-corrected chi connectivity index (χ2v) is 8.20. The fraction of sp³-hybridized carbons (Fsp3) is 0.391. The van der Waals surface area contributed by atoms with Crippen molar-refractivity contribution in [2.75, 3.05) is 23.8 Å². The van der Waals surface area contributed by atoms with E-state index in [-0.39, 0.29) is 13.2 Å². The Labute approximate surface area is 192 Å². The summed E-state index contributed by atoms with van der Waals surface area (Å²) < 4.78 is 20.4. The summed E-state index contributed by atoms with van der Waals surface area (Å²) in [5.74, 6) is -1.26. The molecular weight excluding hydrogens is 432 g/mol. The number of benzene rings is 1. The van der Waals surface area contributed by atoms with Gasteiger partial charge in [-0.1, -0.05) is 19.2 Å². The van der Waals surface area contributed by atoms with Gasteiger partial charge < -0.3 is 18.9 Å². The number of anilines is 2. The molecular formula is C23H30N2O8. The van der Waals surface area contributed by atoms with E-state index in [9.17, 15) is 19.2 Å². The van der Waals surface area contributed by atoms with E-state index in [0.29, 0.717) is 16.9 Å². The van der Waals surface area contributed by atoms with E-state index in [1.807, 2.05) is 0 Å². The lowest BCUT2D eigenvalue weighted by Crippen LogP contribution is -2.36. The number of carbonyl (C=O) groups is 4. The number of carbonyl (C=O) groups excluding carboxylic acids is 4. The molecule has 2 N–H and O–H groups in total. The van der Waals surface area contributed by atoms with E-state index in [1.54, 1.807) is 46.8 Å². The summed E-state index contributed by atoms with van der Waals surface area (Å²) in [5.41, 5.74) is -0.733. The molecule has 0 aliphatic heterocycles. The Hall–Kier alpha value is -3.82. The smallest absolute Gasteiger partial charge is 0.412 e. The fourth-order valence-electron chi connectivity index (χ4n) is 2.28. The van der Waals surface area contributed by atoms with E-state index in [2.05, 4.69) is 23.8 Å². The Kier molecular flexibility index (Phi) is 9.65. The zero-order valence-corrected chi connectivity index (χ0v) is 19.5. The molecule has 1 rings (SSSR count). The van der Waals surface area contributed by atoms with Crippen molar-refractivity contribution in [3.8, 4) is 0 Å². The average Bonchev–Trinajstić information content (AvgIpc) is 2.71. The average molecular weight is 462 g/mol. The summed E-state index contributed by atoms with van der Waals surface area (Å²) in [4.78, 5) is 47.0. The molecule has 0 heterocycles. The van der Waals surface area contributed by atoms with E-state index in [1.165, 1.54) is 6.07 Å². The number of rotatable bonds is 10. The molecule has 0 radical (unpaired) electrons. The maximum atomic E-state index is 12.3. The Bertz CT molecular complexity index is 921. The molecule has 180 valence electrons. The van der Waals surface area contributed by atoms with Gasteiger partial charge in [0.1, 0.15) is 24.4 Å². The van der Waals surface area contributed by atoms with Gasteiger partial charge in [-0.05, 0) is 52.3 Å². The van der Waals surface area contributed by atoms with Crippen LogP contribution in [0.3, 0.4) is 0 Å². The second-order valence-electron chi connectivity index (χ2n) is 8.20. The molecule has 0 spiro atoms. The van der Waals surface area contributed by atoms with Crippen molar-refractivity contribution < 1.29 is 38.1 Å². The Morgan fingerprint density at radius 2 is 1.30 bits per heavy atom. The van der Waals surface area contributed by atoms with Crippen LogP contribution in [0.1, 0.15) is 33.3 Å². The van der Waals surface area contributed by atoms with Crippen molar-refractivity contribution in [2.45, 2.75) is 45.8 Å². The van der Waals surface area contributed by atoms with Gasteiger partial charge in [-0.3, -0.25) is 10.6 Å². The first-order valence-corrected chi connectivity index (χ1v) is 9.96. The topological polar surface area (TPSA) is 129 Å². The first-order valence-electron chi connectivity index (χ1n) is 9.96. The molecule has 10 heteroatoms. The molecule has 0 aliphatic carbocycles. The fourth-order valence-corrected chi connectivity index (χ4v) is 2.28. The molecule has 0 unspecified atom stereocenters. The molecule has 0 aromatic heterocycles. The van der Waals surface area contributed by atoms with E-state index >= 15 is 0 Å². The van der Waals surface area contributed by atoms with Gasteiger partial charge in [0.15, 0.2) is 0 Å². The highest BCUT2D eigenvalue weighted by Gasteiger charge is 2.26. The van der Waals surface area contributed by atoms with Crippen LogP contribution in [0.25, 0.3) is 0 Å². The van der Waals surface area contributed by atoms with Crippen molar-refractivity contribution >= 4 is 35.5 Å². The van der Waals surface area contributed by atoms with Gasteiger partial charge in [-0.2, -0.15) is 0 Å². The highest BCUT2D eigenvalue weighted by molar-refractivity contribution is 5.90. The molecule has 1 aromatic carbocycles. The summed E-state index contributed by atoms with van der Waals surface area (Å²) >= 11 is 0. The summed E-state index contributed by atoms with van der Waals surface area (Å²) in [6, 6.07) is 4.82. The second kappa shape index (κ2) is 11.7. The van der Waals surface area contributed by atoms with Crippen LogP contribution in [0, 0.1) is 6.92 Å². The van der Waals surface area contributed by atoms with Gasteiger partial charge in [0.2, 0.25) is 0 Å². The molecule has 0 bridgehead atoms. The van der Waals surface area contributed by atoms with Gasteiger partial charge in [0, 0.05) is 23.5 Å². The Morgan fingerprint density at radius 1 is 0.848 bits per heavy atom. The maximum absolute atomic E-state index is 12.3. The number of hydrogen-bond acceptors (Lipinski definition) is 8. The summed E-state index contributed by atoms with van der Waals surface area (Å²) in [6.07, 6.45) is 0.467. The quantitative estimate of drug-likeness (QED) is 0.302. The Morgan fingerprint density at radius 3 is 1.76 bits per heavy atom. The van der Waals surface area contributed by atoms with Crippen molar-refractivity contribution in [1.29, 1.82) is 0 Å². The predicted octanol–water partition coefficient (Wildman–Crippen LogP) is 4.11. The minimum absolute atomic E-state index is 0.157. The lowest BCUT2D eigenvalue weighted by Gasteiger charge is -2.25. The maximum Gasteiger partial charge on any atom is 0.412 e. The number of ether oxygens (including phenoxy) is 4. The molecule has 33 heavy (non-hydrogen) atoms. The third-order valence-electron chi connectivity index (χ3n) is 3.92. The predicted molar refractivity (Wildman–Crippen MR) is 122 cm³/mol. The standard InChI is InChI=1S/C23H30N2O8/c1-8-18(26)30-13-22(4,5)32-20(28)24-16-11-10-15(3)17(12-16)25-21(29)33-23(6,7)14-31-19(27)9-2/h8-12H,1-2,13-14H2,3-7H3,(H,24,28)(H,25,29). The number of aryl methyl sites for hydroxylation is 1. The largest absolute Gasteiger partial charge is 0.458 e. The highest BCUT2D eigenvalue weighted by atomic mass is 16.6. The monoisotopic (exact) mass is 462 g/mol. The molecule has 0 saturated heterocycles.